The Hall–Kier alpha value is -2.13. The monoisotopic (exact) mass is 353 g/mol. The van der Waals surface area contributed by atoms with Crippen LogP contribution in [0.4, 0.5) is 5.13 Å². The molecule has 0 bridgehead atoms. The van der Waals surface area contributed by atoms with Gasteiger partial charge in [0.15, 0.2) is 4.34 Å². The molecule has 1 aromatic heterocycles. The van der Waals surface area contributed by atoms with Crippen molar-refractivity contribution in [2.45, 2.75) is 17.7 Å². The van der Waals surface area contributed by atoms with E-state index in [0.717, 1.165) is 4.34 Å². The van der Waals surface area contributed by atoms with Crippen LogP contribution in [0.15, 0.2) is 28.6 Å². The third-order valence-corrected chi connectivity index (χ3v) is 4.59. The molecule has 1 heterocycles. The van der Waals surface area contributed by atoms with Gasteiger partial charge in [-0.05, 0) is 24.3 Å². The topological polar surface area (TPSA) is 101 Å². The van der Waals surface area contributed by atoms with Crippen LogP contribution in [0.1, 0.15) is 23.7 Å². The van der Waals surface area contributed by atoms with Crippen LogP contribution in [0.25, 0.3) is 0 Å². The number of benzene rings is 1. The molecule has 2 aromatic rings. The van der Waals surface area contributed by atoms with E-state index in [-0.39, 0.29) is 11.5 Å². The second-order valence-corrected chi connectivity index (χ2v) is 6.62. The Morgan fingerprint density at radius 3 is 2.70 bits per heavy atom. The molecule has 9 heteroatoms. The molecule has 122 valence electrons. The SMILES string of the molecule is CCC(=O)Nc1nnc(SCCOc2ccc(C(=O)O)cc2)s1. The number of amides is 1. The lowest BCUT2D eigenvalue weighted by atomic mass is 10.2. The number of thioether (sulfide) groups is 1. The predicted octanol–water partition coefficient (Wildman–Crippen LogP) is 2.76. The zero-order valence-corrected chi connectivity index (χ0v) is 13.9. The van der Waals surface area contributed by atoms with Crippen molar-refractivity contribution in [2.24, 2.45) is 0 Å². The molecule has 0 unspecified atom stereocenters. The number of hydrogen-bond donors (Lipinski definition) is 2. The minimum Gasteiger partial charge on any atom is -0.493 e. The number of nitrogens with zero attached hydrogens (tertiary/aromatic N) is 2. The van der Waals surface area contributed by atoms with Gasteiger partial charge in [-0.2, -0.15) is 0 Å². The van der Waals surface area contributed by atoms with Gasteiger partial charge >= 0.3 is 5.97 Å². The number of carbonyl (C=O) groups is 2. The Bertz CT molecular complexity index is 673. The van der Waals surface area contributed by atoms with E-state index in [1.54, 1.807) is 19.1 Å². The number of hydrogen-bond acceptors (Lipinski definition) is 7. The zero-order chi connectivity index (χ0) is 16.7. The van der Waals surface area contributed by atoms with Crippen LogP contribution >= 0.6 is 23.1 Å². The van der Waals surface area contributed by atoms with Crippen molar-refractivity contribution in [3.8, 4) is 5.75 Å². The second kappa shape index (κ2) is 8.49. The van der Waals surface area contributed by atoms with Crippen LogP contribution in [0.3, 0.4) is 0 Å². The highest BCUT2D eigenvalue weighted by Crippen LogP contribution is 2.25. The molecule has 0 atom stereocenters. The molecule has 7 nitrogen and oxygen atoms in total. The molecule has 0 spiro atoms. The molecular formula is C14H15N3O4S2. The third-order valence-electron chi connectivity index (χ3n) is 2.65. The van der Waals surface area contributed by atoms with E-state index in [0.29, 0.717) is 29.7 Å². The van der Waals surface area contributed by atoms with E-state index in [9.17, 15) is 9.59 Å². The van der Waals surface area contributed by atoms with Crippen molar-refractivity contribution >= 4 is 40.1 Å². The Kier molecular flexibility index (Phi) is 6.36. The van der Waals surface area contributed by atoms with Crippen molar-refractivity contribution in [3.63, 3.8) is 0 Å². The summed E-state index contributed by atoms with van der Waals surface area (Å²) < 4.78 is 6.28. The number of rotatable bonds is 8. The van der Waals surface area contributed by atoms with E-state index >= 15 is 0 Å². The summed E-state index contributed by atoms with van der Waals surface area (Å²) in [7, 11) is 0. The third kappa shape index (κ3) is 5.53. The maximum Gasteiger partial charge on any atom is 0.335 e. The Morgan fingerprint density at radius 1 is 1.30 bits per heavy atom. The van der Waals surface area contributed by atoms with E-state index in [2.05, 4.69) is 15.5 Å². The summed E-state index contributed by atoms with van der Waals surface area (Å²) in [6.45, 7) is 2.22. The summed E-state index contributed by atoms with van der Waals surface area (Å²) in [4.78, 5) is 22.0. The van der Waals surface area contributed by atoms with E-state index in [1.165, 1.54) is 35.2 Å². The summed E-state index contributed by atoms with van der Waals surface area (Å²) in [5.41, 5.74) is 0.224. The number of carboxylic acid groups (broad SMARTS) is 1. The number of carbonyl (C=O) groups excluding carboxylic acids is 1. The first-order valence-electron chi connectivity index (χ1n) is 6.80. The molecule has 0 fully saturated rings. The quantitative estimate of drug-likeness (QED) is 0.427. The summed E-state index contributed by atoms with van der Waals surface area (Å²) in [5, 5.41) is 19.8. The van der Waals surface area contributed by atoms with Gasteiger partial charge in [-0.1, -0.05) is 30.0 Å². The van der Waals surface area contributed by atoms with Gasteiger partial charge in [0.05, 0.1) is 12.2 Å². The largest absolute Gasteiger partial charge is 0.493 e. The fraction of sp³-hybridized carbons (Fsp3) is 0.286. The summed E-state index contributed by atoms with van der Waals surface area (Å²) in [5.74, 6) is 0.223. The Morgan fingerprint density at radius 2 is 2.04 bits per heavy atom. The highest BCUT2D eigenvalue weighted by atomic mass is 32.2. The van der Waals surface area contributed by atoms with Gasteiger partial charge in [0.25, 0.3) is 0 Å². The smallest absolute Gasteiger partial charge is 0.335 e. The first-order valence-corrected chi connectivity index (χ1v) is 8.61. The molecule has 0 aliphatic heterocycles. The predicted molar refractivity (Wildman–Crippen MR) is 88.5 cm³/mol. The van der Waals surface area contributed by atoms with Crippen LogP contribution in [0, 0.1) is 0 Å². The number of anilines is 1. The maximum absolute atomic E-state index is 11.2. The lowest BCUT2D eigenvalue weighted by Gasteiger charge is -2.05. The highest BCUT2D eigenvalue weighted by Gasteiger charge is 2.07. The lowest BCUT2D eigenvalue weighted by Crippen LogP contribution is -2.08. The average Bonchev–Trinajstić information content (AvgIpc) is 2.99. The molecule has 2 rings (SSSR count). The van der Waals surface area contributed by atoms with E-state index in [1.807, 2.05) is 0 Å². The first kappa shape index (κ1) is 17.2. The number of ether oxygens (including phenoxy) is 1. The van der Waals surface area contributed by atoms with Gasteiger partial charge in [-0.25, -0.2) is 4.79 Å². The van der Waals surface area contributed by atoms with Crippen LogP contribution in [0.2, 0.25) is 0 Å². The molecule has 0 saturated heterocycles. The number of nitrogens with one attached hydrogen (secondary N) is 1. The summed E-state index contributed by atoms with van der Waals surface area (Å²) in [6.07, 6.45) is 0.399. The Balaban J connectivity index is 1.73. The summed E-state index contributed by atoms with van der Waals surface area (Å²) >= 11 is 2.79. The molecule has 0 saturated carbocycles. The van der Waals surface area contributed by atoms with E-state index in [4.69, 9.17) is 9.84 Å². The molecule has 0 radical (unpaired) electrons. The zero-order valence-electron chi connectivity index (χ0n) is 12.3. The molecule has 1 amide bonds. The molecule has 0 aliphatic rings. The normalized spacial score (nSPS) is 10.3. The summed E-state index contributed by atoms with van der Waals surface area (Å²) in [6, 6.07) is 6.24. The minimum absolute atomic E-state index is 0.0918. The van der Waals surface area contributed by atoms with Crippen molar-refractivity contribution in [1.29, 1.82) is 0 Å². The Labute approximate surface area is 141 Å². The van der Waals surface area contributed by atoms with Crippen LogP contribution in [0.5, 0.6) is 5.75 Å². The highest BCUT2D eigenvalue weighted by molar-refractivity contribution is 8.01. The van der Waals surface area contributed by atoms with Gasteiger partial charge in [-0.3, -0.25) is 4.79 Å². The standard InChI is InChI=1S/C14H15N3O4S2/c1-2-11(18)15-13-16-17-14(23-13)22-8-7-21-10-5-3-9(4-6-10)12(19)20/h3-6H,2,7-8H2,1H3,(H,19,20)(H,15,16,18). The fourth-order valence-corrected chi connectivity index (χ4v) is 3.16. The fourth-order valence-electron chi connectivity index (χ4n) is 1.51. The molecule has 0 aliphatic carbocycles. The number of carboxylic acids is 1. The number of aromatic nitrogens is 2. The molecule has 23 heavy (non-hydrogen) atoms. The van der Waals surface area contributed by atoms with Gasteiger partial charge < -0.3 is 15.2 Å². The van der Waals surface area contributed by atoms with E-state index < -0.39 is 5.97 Å². The molecule has 2 N–H and O–H groups in total. The molecule has 1 aromatic carbocycles. The van der Waals surface area contributed by atoms with Gasteiger partial charge in [-0.15, -0.1) is 10.2 Å². The van der Waals surface area contributed by atoms with Crippen molar-refractivity contribution in [2.75, 3.05) is 17.7 Å². The van der Waals surface area contributed by atoms with Crippen LogP contribution in [-0.2, 0) is 4.79 Å². The lowest BCUT2D eigenvalue weighted by molar-refractivity contribution is -0.115. The first-order chi connectivity index (χ1) is 11.1. The van der Waals surface area contributed by atoms with Crippen molar-refractivity contribution < 1.29 is 19.4 Å². The van der Waals surface area contributed by atoms with Gasteiger partial charge in [0.1, 0.15) is 5.75 Å². The van der Waals surface area contributed by atoms with Gasteiger partial charge in [0, 0.05) is 12.2 Å². The van der Waals surface area contributed by atoms with Crippen molar-refractivity contribution in [3.05, 3.63) is 29.8 Å². The van der Waals surface area contributed by atoms with Gasteiger partial charge in [0.2, 0.25) is 11.0 Å². The van der Waals surface area contributed by atoms with Crippen molar-refractivity contribution in [1.82, 2.24) is 10.2 Å². The average molecular weight is 353 g/mol. The molecular weight excluding hydrogens is 338 g/mol. The second-order valence-electron chi connectivity index (χ2n) is 4.30. The minimum atomic E-state index is -0.964. The van der Waals surface area contributed by atoms with Crippen LogP contribution in [-0.4, -0.2) is 39.5 Å². The maximum atomic E-state index is 11.2. The van der Waals surface area contributed by atoms with Crippen LogP contribution < -0.4 is 10.1 Å². The number of aromatic carboxylic acids is 1.